The molecule has 0 aliphatic heterocycles. The van der Waals surface area contributed by atoms with Crippen LogP contribution in [0.5, 0.6) is 0 Å². The van der Waals surface area contributed by atoms with E-state index in [0.717, 1.165) is 56.2 Å². The lowest BCUT2D eigenvalue weighted by Crippen LogP contribution is -2.51. The summed E-state index contributed by atoms with van der Waals surface area (Å²) < 4.78 is 0. The van der Waals surface area contributed by atoms with Crippen molar-refractivity contribution in [3.8, 4) is 0 Å². The Bertz CT molecular complexity index is 1580. The van der Waals surface area contributed by atoms with Gasteiger partial charge in [-0.3, -0.25) is 9.59 Å². The van der Waals surface area contributed by atoms with Crippen LogP contribution in [0.4, 0.5) is 11.6 Å². The first kappa shape index (κ1) is 33.0. The van der Waals surface area contributed by atoms with Gasteiger partial charge in [0.1, 0.15) is 5.69 Å². The number of aryl methyl sites for hydroxylation is 2. The summed E-state index contributed by atoms with van der Waals surface area (Å²) in [5, 5.41) is 9.63. The molecule has 1 aromatic carbocycles. The number of likely N-dealkylation sites (N-methyl/N-ethyl adjacent to an activating group) is 1. The van der Waals surface area contributed by atoms with E-state index in [9.17, 15) is 9.59 Å². The number of nitrogens with one attached hydrogen (secondary N) is 3. The quantitative estimate of drug-likeness (QED) is 0.232. The van der Waals surface area contributed by atoms with Crippen LogP contribution in [0, 0.1) is 0 Å². The van der Waals surface area contributed by atoms with Crippen LogP contribution in [0.3, 0.4) is 0 Å². The SMILES string of the molecule is CCc1cnc(N[C@@H]2CCC[C@](C)(NC(=O)c3ccc(NC(=O)/C=C/CN(C)C)cn3)C2)nc1/C1=C/CCCCc2ccccc21. The van der Waals surface area contributed by atoms with E-state index in [-0.39, 0.29) is 17.9 Å². The van der Waals surface area contributed by atoms with Gasteiger partial charge in [0.25, 0.3) is 5.91 Å². The Hall–Kier alpha value is -4.37. The number of rotatable bonds is 10. The lowest BCUT2D eigenvalue weighted by Gasteiger charge is -2.39. The second-order valence-electron chi connectivity index (χ2n) is 13.0. The van der Waals surface area contributed by atoms with Crippen LogP contribution < -0.4 is 16.0 Å². The van der Waals surface area contributed by atoms with E-state index in [4.69, 9.17) is 9.97 Å². The number of benzene rings is 1. The number of fused-ring (bicyclic) bond motifs is 1. The van der Waals surface area contributed by atoms with E-state index < -0.39 is 5.54 Å². The van der Waals surface area contributed by atoms with Crippen LogP contribution in [0.2, 0.25) is 0 Å². The van der Waals surface area contributed by atoms with E-state index in [1.54, 1.807) is 18.2 Å². The lowest BCUT2D eigenvalue weighted by molar-refractivity contribution is -0.111. The van der Waals surface area contributed by atoms with Crippen molar-refractivity contribution in [3.05, 3.63) is 95.1 Å². The number of carbonyl (C=O) groups is 2. The predicted molar refractivity (Wildman–Crippen MR) is 185 cm³/mol. The van der Waals surface area contributed by atoms with Gasteiger partial charge < -0.3 is 20.9 Å². The van der Waals surface area contributed by atoms with Crippen LogP contribution in [-0.4, -0.2) is 63.9 Å². The molecule has 2 amide bonds. The smallest absolute Gasteiger partial charge is 0.270 e. The fourth-order valence-corrected chi connectivity index (χ4v) is 6.41. The topological polar surface area (TPSA) is 112 Å². The summed E-state index contributed by atoms with van der Waals surface area (Å²) in [6.45, 7) is 4.92. The number of pyridine rings is 1. The van der Waals surface area contributed by atoms with Gasteiger partial charge in [-0.15, -0.1) is 0 Å². The minimum atomic E-state index is -0.411. The van der Waals surface area contributed by atoms with Gasteiger partial charge in [-0.25, -0.2) is 15.0 Å². The van der Waals surface area contributed by atoms with Crippen LogP contribution in [-0.2, 0) is 17.6 Å². The molecule has 2 atom stereocenters. The van der Waals surface area contributed by atoms with Crippen molar-refractivity contribution in [2.75, 3.05) is 31.3 Å². The van der Waals surface area contributed by atoms with Crippen LogP contribution in [0.1, 0.15) is 91.7 Å². The number of aromatic nitrogens is 3. The summed E-state index contributed by atoms with van der Waals surface area (Å²) in [6.07, 6.45) is 18.0. The molecule has 46 heavy (non-hydrogen) atoms. The maximum Gasteiger partial charge on any atom is 0.270 e. The lowest BCUT2D eigenvalue weighted by atomic mass is 9.80. The molecule has 9 heteroatoms. The molecule has 0 unspecified atom stereocenters. The zero-order valence-corrected chi connectivity index (χ0v) is 27.6. The molecule has 0 bridgehead atoms. The first-order valence-electron chi connectivity index (χ1n) is 16.5. The summed E-state index contributed by atoms with van der Waals surface area (Å²) in [4.78, 5) is 41.5. The van der Waals surface area contributed by atoms with E-state index in [1.165, 1.54) is 41.8 Å². The highest BCUT2D eigenvalue weighted by Gasteiger charge is 2.34. The van der Waals surface area contributed by atoms with Gasteiger partial charge in [0, 0.05) is 36.0 Å². The van der Waals surface area contributed by atoms with Crippen molar-refractivity contribution in [2.45, 2.75) is 83.2 Å². The Morgan fingerprint density at radius 3 is 2.70 bits per heavy atom. The molecular formula is C37H47N7O2. The molecule has 0 radical (unpaired) electrons. The average Bonchev–Trinajstić information content (AvgIpc) is 3.01. The summed E-state index contributed by atoms with van der Waals surface area (Å²) in [5.74, 6) is 0.164. The fourth-order valence-electron chi connectivity index (χ4n) is 6.41. The van der Waals surface area contributed by atoms with Gasteiger partial charge >= 0.3 is 0 Å². The fraction of sp³-hybridized carbons (Fsp3) is 0.432. The first-order chi connectivity index (χ1) is 22.2. The van der Waals surface area contributed by atoms with Crippen molar-refractivity contribution in [1.82, 2.24) is 25.2 Å². The number of carbonyl (C=O) groups excluding carboxylic acids is 2. The Balaban J connectivity index is 1.24. The molecule has 2 aliphatic carbocycles. The third-order valence-electron chi connectivity index (χ3n) is 8.79. The molecular weight excluding hydrogens is 574 g/mol. The third-order valence-corrected chi connectivity index (χ3v) is 8.79. The Kier molecular flexibility index (Phi) is 11.0. The van der Waals surface area contributed by atoms with Gasteiger partial charge in [0.15, 0.2) is 0 Å². The zero-order chi connectivity index (χ0) is 32.5. The number of nitrogens with zero attached hydrogens (tertiary/aromatic N) is 4. The van der Waals surface area contributed by atoms with Crippen molar-refractivity contribution < 1.29 is 9.59 Å². The molecule has 2 heterocycles. The van der Waals surface area contributed by atoms with Crippen LogP contribution in [0.25, 0.3) is 5.57 Å². The van der Waals surface area contributed by atoms with E-state index in [1.807, 2.05) is 25.2 Å². The van der Waals surface area contributed by atoms with Gasteiger partial charge in [-0.05, 0) is 108 Å². The standard InChI is InChI=1S/C37H47N7O2/c1-5-26-24-39-36(42-34(26)31-17-8-6-7-13-27-14-9-10-16-30(27)31)41-28-15-11-21-37(2,23-28)43-35(46)32-20-19-29(25-38-32)40-33(45)18-12-22-44(3)4/h9-10,12,14,16-20,24-25,28H,5-8,11,13,15,21-23H2,1-4H3,(H,40,45)(H,43,46)(H,39,41,42)/b18-12+,31-17+/t28-,37+/m1/s1. The van der Waals surface area contributed by atoms with Crippen molar-refractivity contribution in [3.63, 3.8) is 0 Å². The van der Waals surface area contributed by atoms with Crippen molar-refractivity contribution in [1.29, 1.82) is 0 Å². The molecule has 0 saturated heterocycles. The van der Waals surface area contributed by atoms with Gasteiger partial charge in [-0.2, -0.15) is 0 Å². The molecule has 5 rings (SSSR count). The van der Waals surface area contributed by atoms with Gasteiger partial charge in [-0.1, -0.05) is 43.3 Å². The number of amides is 2. The Morgan fingerprint density at radius 2 is 1.91 bits per heavy atom. The average molecular weight is 622 g/mol. The highest BCUT2D eigenvalue weighted by molar-refractivity contribution is 5.99. The maximum absolute atomic E-state index is 13.2. The number of hydrogen-bond donors (Lipinski definition) is 3. The maximum atomic E-state index is 13.2. The van der Waals surface area contributed by atoms with Crippen molar-refractivity contribution >= 4 is 29.0 Å². The molecule has 1 saturated carbocycles. The molecule has 3 N–H and O–H groups in total. The third kappa shape index (κ3) is 8.66. The van der Waals surface area contributed by atoms with E-state index in [0.29, 0.717) is 23.9 Å². The molecule has 2 aliphatic rings. The van der Waals surface area contributed by atoms with Gasteiger partial charge in [0.2, 0.25) is 11.9 Å². The van der Waals surface area contributed by atoms with Crippen molar-refractivity contribution in [2.24, 2.45) is 0 Å². The summed E-state index contributed by atoms with van der Waals surface area (Å²) in [5.41, 5.74) is 6.45. The van der Waals surface area contributed by atoms with Crippen LogP contribution >= 0.6 is 0 Å². The highest BCUT2D eigenvalue weighted by atomic mass is 16.2. The molecule has 2 aromatic heterocycles. The molecule has 3 aromatic rings. The minimum absolute atomic E-state index is 0.115. The first-order valence-corrected chi connectivity index (χ1v) is 16.5. The highest BCUT2D eigenvalue weighted by Crippen LogP contribution is 2.33. The number of hydrogen-bond acceptors (Lipinski definition) is 7. The molecule has 9 nitrogen and oxygen atoms in total. The van der Waals surface area contributed by atoms with E-state index >= 15 is 0 Å². The second-order valence-corrected chi connectivity index (χ2v) is 13.0. The predicted octanol–water partition coefficient (Wildman–Crippen LogP) is 6.19. The minimum Gasteiger partial charge on any atom is -0.351 e. The summed E-state index contributed by atoms with van der Waals surface area (Å²) in [6, 6.07) is 12.2. The summed E-state index contributed by atoms with van der Waals surface area (Å²) in [7, 11) is 3.87. The number of anilines is 2. The summed E-state index contributed by atoms with van der Waals surface area (Å²) >= 11 is 0. The number of allylic oxidation sites excluding steroid dienone is 1. The second kappa shape index (κ2) is 15.3. The molecule has 242 valence electrons. The monoisotopic (exact) mass is 621 g/mol. The zero-order valence-electron chi connectivity index (χ0n) is 27.6. The van der Waals surface area contributed by atoms with E-state index in [2.05, 4.69) is 65.1 Å². The Morgan fingerprint density at radius 1 is 1.07 bits per heavy atom. The van der Waals surface area contributed by atoms with Gasteiger partial charge in [0.05, 0.1) is 17.6 Å². The molecule has 0 spiro atoms. The largest absolute Gasteiger partial charge is 0.351 e. The van der Waals surface area contributed by atoms with Crippen LogP contribution in [0.15, 0.2) is 67.0 Å². The molecule has 1 fully saturated rings. The normalized spacial score (nSPS) is 21.1. The Labute approximate surface area is 273 Å².